The molecule has 7 aliphatic rings. The summed E-state index contributed by atoms with van der Waals surface area (Å²) < 4.78 is 58.4. The lowest BCUT2D eigenvalue weighted by Gasteiger charge is -2.50. The number of nitrogens with zero attached hydrogens (tertiary/aromatic N) is 4. The summed E-state index contributed by atoms with van der Waals surface area (Å²) in [6, 6.07) is 1.04. The third-order valence-corrected chi connectivity index (χ3v) is 15.3. The van der Waals surface area contributed by atoms with Crippen LogP contribution in [0.15, 0.2) is 83.6 Å². The zero-order valence-electron chi connectivity index (χ0n) is 45.4. The van der Waals surface area contributed by atoms with Gasteiger partial charge in [0.2, 0.25) is 5.78 Å². The number of aromatic hydroxyl groups is 1. The lowest BCUT2D eigenvalue weighted by molar-refractivity contribution is -0.336. The second-order valence-electron chi connectivity index (χ2n) is 21.8. The number of allylic oxidation sites excluding steroid dienone is 4. The fourth-order valence-corrected chi connectivity index (χ4v) is 11.5. The Kier molecular flexibility index (Phi) is 15.7. The van der Waals surface area contributed by atoms with Crippen molar-refractivity contribution in [2.45, 2.75) is 131 Å². The predicted molar refractivity (Wildman–Crippen MR) is 277 cm³/mol. The van der Waals surface area contributed by atoms with E-state index in [1.54, 1.807) is 32.9 Å². The number of aromatic nitrogens is 1. The summed E-state index contributed by atoms with van der Waals surface area (Å²) in [6.07, 6.45) is 8.36. The minimum Gasteiger partial charge on any atom is -0.507 e. The first-order valence-electron chi connectivity index (χ1n) is 25.9. The normalized spacial score (nSPS) is 30.9. The zero-order valence-corrected chi connectivity index (χ0v) is 45.4. The summed E-state index contributed by atoms with van der Waals surface area (Å²) >= 11 is 0. The molecule has 76 heavy (non-hydrogen) atoms. The number of esters is 1. The molecule has 2 aromatic rings. The minimum atomic E-state index is -2.12. The summed E-state index contributed by atoms with van der Waals surface area (Å²) in [5.41, 5.74) is -2.27. The third-order valence-electron chi connectivity index (χ3n) is 15.3. The van der Waals surface area contributed by atoms with Crippen LogP contribution in [0.5, 0.6) is 11.5 Å². The first-order valence-corrected chi connectivity index (χ1v) is 25.9. The van der Waals surface area contributed by atoms with Gasteiger partial charge in [-0.1, -0.05) is 72.4 Å². The maximum Gasteiger partial charge on any atom is 0.416 e. The Hall–Kier alpha value is -6.54. The molecule has 1 aromatic heterocycles. The molecule has 9 atom stereocenters. The summed E-state index contributed by atoms with van der Waals surface area (Å²) in [5, 5.41) is 14.9. The lowest BCUT2D eigenvalue weighted by atomic mass is 9.77. The molecule has 1 aliphatic carbocycles. The summed E-state index contributed by atoms with van der Waals surface area (Å²) in [6.45, 7) is 25.2. The van der Waals surface area contributed by atoms with Crippen molar-refractivity contribution >= 4 is 35.2 Å². The number of ether oxygens (including phenoxy) is 7. The Bertz CT molecular complexity index is 2860. The van der Waals surface area contributed by atoms with E-state index in [0.717, 1.165) is 18.8 Å². The standard InChI is InChI=1S/C57H70FN5O13/c1-14-23-71-54(69)63-44-42(61-57(63)19-21-62(22-20-57)28-29(2)3)39-40-45(64)33(7)50-41(39)51(66)56(12,76-50)72-24-18-38(70-13)32(6)48(73-53(68)36-25-37(58)27-59-26-36)35(9)49-34(8)47(74-55(10,11)75-49)30(4)16-15-17-31(5)52(67)60-43(44)46(40)65/h14-18,24-27,29-30,32,34-35,38,47-49,64H,1,19-23,28H2,2-13H3,(H,60,67)/b16-15+,24-18+,31-17-/t30-,32+,34+,35-,38-,47-,48+,49+,56-/m0/s1. The molecule has 18 nitrogen and oxygen atoms in total. The van der Waals surface area contributed by atoms with Crippen LogP contribution >= 0.6 is 0 Å². The molecule has 7 heterocycles. The van der Waals surface area contributed by atoms with Gasteiger partial charge in [-0.05, 0) is 45.8 Å². The van der Waals surface area contributed by atoms with Crippen LogP contribution in [0.4, 0.5) is 9.18 Å². The number of hydrogen-bond donors (Lipinski definition) is 2. The van der Waals surface area contributed by atoms with Crippen LogP contribution in [0.25, 0.3) is 0 Å². The molecule has 0 saturated carbocycles. The monoisotopic (exact) mass is 1050 g/mol. The van der Waals surface area contributed by atoms with Gasteiger partial charge in [0.05, 0.1) is 53.2 Å². The number of amides is 2. The number of phenolic OH excluding ortho intramolecular Hbond substituents is 1. The predicted octanol–water partition coefficient (Wildman–Crippen LogP) is 8.28. The lowest BCUT2D eigenvalue weighted by Crippen LogP contribution is -2.56. The molecule has 1 aromatic carbocycles. The molecule has 19 heteroatoms. The number of phenols is 1. The van der Waals surface area contributed by atoms with Crippen molar-refractivity contribution in [2.75, 3.05) is 33.4 Å². The number of piperidine rings is 1. The van der Waals surface area contributed by atoms with E-state index in [1.807, 2.05) is 33.8 Å². The highest BCUT2D eigenvalue weighted by molar-refractivity contribution is 6.35. The molecular formula is C57H70FN5O13. The Morgan fingerprint density at radius 1 is 0.987 bits per heavy atom. The topological polar surface area (TPSA) is 214 Å². The van der Waals surface area contributed by atoms with Gasteiger partial charge >= 0.3 is 17.8 Å². The van der Waals surface area contributed by atoms with E-state index in [4.69, 9.17) is 38.2 Å². The summed E-state index contributed by atoms with van der Waals surface area (Å²) in [7, 11) is 1.46. The number of carbonyl (C=O) groups excluding carboxylic acids is 5. The van der Waals surface area contributed by atoms with E-state index in [2.05, 4.69) is 35.6 Å². The van der Waals surface area contributed by atoms with Crippen molar-refractivity contribution in [3.8, 4) is 11.5 Å². The Labute approximate surface area is 443 Å². The number of nitrogens with one attached hydrogen (secondary N) is 1. The van der Waals surface area contributed by atoms with Crippen LogP contribution in [0.1, 0.15) is 124 Å². The van der Waals surface area contributed by atoms with Crippen molar-refractivity contribution in [2.24, 2.45) is 34.6 Å². The number of rotatable bonds is 7. The Morgan fingerprint density at radius 2 is 1.68 bits per heavy atom. The molecule has 9 rings (SSSR count). The number of fused-ring (bicyclic) bond motifs is 9. The number of methoxy groups -OCH3 is 1. The van der Waals surface area contributed by atoms with Crippen LogP contribution < -0.4 is 10.1 Å². The number of pyridine rings is 1. The van der Waals surface area contributed by atoms with Gasteiger partial charge in [-0.15, -0.1) is 0 Å². The van der Waals surface area contributed by atoms with E-state index >= 15 is 9.59 Å². The summed E-state index contributed by atoms with van der Waals surface area (Å²) in [5.74, 6) is -9.25. The molecule has 1 spiro atoms. The highest BCUT2D eigenvalue weighted by atomic mass is 19.1. The number of Topliss-reactive ketones (excluding diaryl/α,β-unsaturated/α-hetero) is 2. The van der Waals surface area contributed by atoms with Crippen molar-refractivity contribution in [3.05, 3.63) is 112 Å². The molecule has 2 amide bonds. The number of hydrogen-bond acceptors (Lipinski definition) is 16. The SMILES string of the molecule is C=CCOC(=O)N1C2=C3NC(=O)/C(C)=C\C=C\[C@H](C)[C@@H]4OC(C)(C)O[C@@H]([C@@H](C)[C@H](OC(=O)c5cncc(F)c5)[C@H](C)[C@@H](OC)/C=C/O[C@@]5(C)Oc6c(C)c(O)c(c(c6C5=O)C2=NC12CCN(CC(C)C)CC2)C3=O)[C@@H]4C. The number of halogens is 1. The van der Waals surface area contributed by atoms with Crippen LogP contribution in [0.3, 0.4) is 0 Å². The van der Waals surface area contributed by atoms with Crippen molar-refractivity contribution in [1.82, 2.24) is 20.1 Å². The molecule has 408 valence electrons. The Balaban J connectivity index is 1.29. The molecule has 7 bridgehead atoms. The molecule has 2 saturated heterocycles. The van der Waals surface area contributed by atoms with Gasteiger partial charge in [-0.2, -0.15) is 0 Å². The number of benzene rings is 1. The number of carbonyl (C=O) groups is 5. The highest BCUT2D eigenvalue weighted by Gasteiger charge is 2.58. The molecule has 2 fully saturated rings. The Morgan fingerprint density at radius 3 is 2.34 bits per heavy atom. The van der Waals surface area contributed by atoms with E-state index in [9.17, 15) is 23.9 Å². The van der Waals surface area contributed by atoms with E-state index in [0.29, 0.717) is 19.0 Å². The first kappa shape index (κ1) is 55.7. The van der Waals surface area contributed by atoms with Gasteiger partial charge in [0.25, 0.3) is 11.7 Å². The maximum absolute atomic E-state index is 15.3. The van der Waals surface area contributed by atoms with E-state index in [-0.39, 0.29) is 87.5 Å². The molecule has 2 N–H and O–H groups in total. The molecule has 0 radical (unpaired) electrons. The van der Waals surface area contributed by atoms with E-state index in [1.165, 1.54) is 50.5 Å². The second kappa shape index (κ2) is 21.5. The molecule has 6 aliphatic heterocycles. The zero-order chi connectivity index (χ0) is 55.3. The number of aliphatic imine (C=N–C) groups is 1. The minimum absolute atomic E-state index is 0.00493. The maximum atomic E-state index is 15.3. The van der Waals surface area contributed by atoms with Crippen molar-refractivity contribution in [1.29, 1.82) is 0 Å². The number of ketones is 2. The van der Waals surface area contributed by atoms with Gasteiger partial charge < -0.3 is 48.5 Å². The third kappa shape index (κ3) is 10.3. The van der Waals surface area contributed by atoms with Gasteiger partial charge in [0.1, 0.15) is 47.1 Å². The van der Waals surface area contributed by atoms with Gasteiger partial charge in [0, 0.05) is 93.1 Å². The second-order valence-corrected chi connectivity index (χ2v) is 21.8. The quantitative estimate of drug-likeness (QED) is 0.197. The van der Waals surface area contributed by atoms with Crippen LogP contribution in [-0.2, 0) is 33.2 Å². The van der Waals surface area contributed by atoms with E-state index < -0.39 is 94.6 Å². The largest absolute Gasteiger partial charge is 0.507 e. The highest BCUT2D eigenvalue weighted by Crippen LogP contribution is 2.53. The molecular weight excluding hydrogens is 982 g/mol. The van der Waals surface area contributed by atoms with Gasteiger partial charge in [-0.3, -0.25) is 24.4 Å². The van der Waals surface area contributed by atoms with Crippen molar-refractivity contribution in [3.63, 3.8) is 0 Å². The molecule has 0 unspecified atom stereocenters. The first-order chi connectivity index (χ1) is 35.9. The fraction of sp³-hybridized carbons (Fsp3) is 0.526. The average Bonchev–Trinajstić information content (AvgIpc) is 3.99. The number of likely N-dealkylation sites (tertiary alicyclic amines) is 1. The van der Waals surface area contributed by atoms with Gasteiger partial charge in [0.15, 0.2) is 5.79 Å². The average molecular weight is 1050 g/mol. The smallest absolute Gasteiger partial charge is 0.416 e. The van der Waals surface area contributed by atoms with Crippen LogP contribution in [0, 0.1) is 42.3 Å². The summed E-state index contributed by atoms with van der Waals surface area (Å²) in [4.78, 5) is 86.2. The van der Waals surface area contributed by atoms with Crippen LogP contribution in [0.2, 0.25) is 0 Å². The van der Waals surface area contributed by atoms with Crippen LogP contribution in [-0.4, -0.2) is 130 Å². The van der Waals surface area contributed by atoms with Gasteiger partial charge in [-0.25, -0.2) is 18.9 Å². The fourth-order valence-electron chi connectivity index (χ4n) is 11.5. The van der Waals surface area contributed by atoms with Crippen molar-refractivity contribution < 1.29 is 66.6 Å².